The monoisotopic (exact) mass is 417 g/mol. The zero-order valence-corrected chi connectivity index (χ0v) is 17.3. The number of ether oxygens (including phenoxy) is 3. The van der Waals surface area contributed by atoms with Crippen LogP contribution in [0.5, 0.6) is 5.75 Å². The van der Waals surface area contributed by atoms with E-state index in [4.69, 9.17) is 14.2 Å². The molecule has 0 aliphatic rings. The Labute approximate surface area is 167 Å². The molecule has 0 radical (unpaired) electrons. The van der Waals surface area contributed by atoms with Crippen LogP contribution in [0.2, 0.25) is 0 Å². The SMILES string of the molecule is COc1cc(F)c(C(=O)N(NC(=O)OC(C)(C)C)NC(=O)OC(C)(C)C)c(F)c1. The Hall–Kier alpha value is -3.11. The highest BCUT2D eigenvalue weighted by atomic mass is 19.1. The van der Waals surface area contributed by atoms with E-state index in [1.807, 2.05) is 10.9 Å². The highest BCUT2D eigenvalue weighted by Crippen LogP contribution is 2.21. The van der Waals surface area contributed by atoms with E-state index in [1.54, 1.807) is 41.5 Å². The summed E-state index contributed by atoms with van der Waals surface area (Å²) in [6.45, 7) is 9.35. The van der Waals surface area contributed by atoms with E-state index in [-0.39, 0.29) is 10.9 Å². The van der Waals surface area contributed by atoms with Crippen molar-refractivity contribution in [3.8, 4) is 5.75 Å². The minimum absolute atomic E-state index is 0.164. The van der Waals surface area contributed by atoms with Crippen LogP contribution < -0.4 is 15.6 Å². The maximum Gasteiger partial charge on any atom is 0.428 e. The van der Waals surface area contributed by atoms with E-state index >= 15 is 0 Å². The fourth-order valence-electron chi connectivity index (χ4n) is 1.90. The number of nitrogens with zero attached hydrogens (tertiary/aromatic N) is 1. The molecule has 3 amide bonds. The van der Waals surface area contributed by atoms with Gasteiger partial charge in [-0.05, 0) is 41.5 Å². The predicted octanol–water partition coefficient (Wildman–Crippen LogP) is 3.30. The Balaban J connectivity index is 3.20. The Bertz CT molecular complexity index is 734. The van der Waals surface area contributed by atoms with Crippen LogP contribution in [0.4, 0.5) is 18.4 Å². The number of carbonyl (C=O) groups is 3. The Morgan fingerprint density at radius 1 is 0.862 bits per heavy atom. The third-order valence-corrected chi connectivity index (χ3v) is 2.87. The molecule has 162 valence electrons. The van der Waals surface area contributed by atoms with Crippen LogP contribution in [0.15, 0.2) is 12.1 Å². The minimum Gasteiger partial charge on any atom is -0.497 e. The molecule has 29 heavy (non-hydrogen) atoms. The second-order valence-corrected chi connectivity index (χ2v) is 7.83. The summed E-state index contributed by atoms with van der Waals surface area (Å²) in [4.78, 5) is 36.7. The van der Waals surface area contributed by atoms with Gasteiger partial charge in [-0.15, -0.1) is 5.12 Å². The van der Waals surface area contributed by atoms with Gasteiger partial charge in [0.1, 0.15) is 34.1 Å². The van der Waals surface area contributed by atoms with Crippen molar-refractivity contribution in [1.82, 2.24) is 16.0 Å². The number of hydrazine groups is 2. The molecule has 1 aromatic carbocycles. The van der Waals surface area contributed by atoms with Crippen molar-refractivity contribution >= 4 is 18.1 Å². The van der Waals surface area contributed by atoms with Gasteiger partial charge < -0.3 is 14.2 Å². The summed E-state index contributed by atoms with van der Waals surface area (Å²) in [5.41, 5.74) is 0.905. The van der Waals surface area contributed by atoms with Gasteiger partial charge in [-0.2, -0.15) is 0 Å². The van der Waals surface area contributed by atoms with E-state index in [2.05, 4.69) is 0 Å². The second kappa shape index (κ2) is 8.93. The standard InChI is InChI=1S/C18H25F2N3O6/c1-17(2,3)28-15(25)21-23(22-16(26)29-18(4,5)6)14(24)13-11(19)8-10(27-7)9-12(13)20/h8-9H,1-7H3,(H,21,25)(H,22,26). The van der Waals surface area contributed by atoms with Gasteiger partial charge >= 0.3 is 12.2 Å². The summed E-state index contributed by atoms with van der Waals surface area (Å²) in [5, 5.41) is 0.177. The van der Waals surface area contributed by atoms with Gasteiger partial charge in [0.2, 0.25) is 0 Å². The molecule has 0 aliphatic heterocycles. The largest absolute Gasteiger partial charge is 0.497 e. The Morgan fingerprint density at radius 2 is 1.24 bits per heavy atom. The molecule has 11 heteroatoms. The van der Waals surface area contributed by atoms with Gasteiger partial charge in [-0.25, -0.2) is 29.2 Å². The topological polar surface area (TPSA) is 106 Å². The first-order chi connectivity index (χ1) is 13.1. The Kier molecular flexibility index (Phi) is 7.37. The highest BCUT2D eigenvalue weighted by Gasteiger charge is 2.30. The number of halogens is 2. The number of amides is 3. The lowest BCUT2D eigenvalue weighted by atomic mass is 10.1. The first kappa shape index (κ1) is 23.9. The summed E-state index contributed by atoms with van der Waals surface area (Å²) < 4.78 is 43.2. The molecule has 2 N–H and O–H groups in total. The van der Waals surface area contributed by atoms with Crippen molar-refractivity contribution in [3.63, 3.8) is 0 Å². The summed E-state index contributed by atoms with van der Waals surface area (Å²) in [6, 6.07) is 1.55. The molecule has 0 bridgehead atoms. The zero-order chi connectivity index (χ0) is 22.6. The van der Waals surface area contributed by atoms with E-state index in [0.717, 1.165) is 12.1 Å². The molecule has 0 heterocycles. The van der Waals surface area contributed by atoms with Crippen molar-refractivity contribution in [2.75, 3.05) is 7.11 Å². The number of rotatable bonds is 2. The number of hydrogen-bond acceptors (Lipinski definition) is 6. The van der Waals surface area contributed by atoms with E-state index in [9.17, 15) is 23.2 Å². The molecular weight excluding hydrogens is 392 g/mol. The number of benzene rings is 1. The number of hydrogen-bond donors (Lipinski definition) is 2. The molecule has 0 saturated carbocycles. The smallest absolute Gasteiger partial charge is 0.428 e. The fraction of sp³-hybridized carbons (Fsp3) is 0.500. The lowest BCUT2D eigenvalue weighted by Gasteiger charge is -2.27. The molecule has 0 saturated heterocycles. The van der Waals surface area contributed by atoms with E-state index in [0.29, 0.717) is 0 Å². The zero-order valence-electron chi connectivity index (χ0n) is 17.3. The number of nitrogens with one attached hydrogen (secondary N) is 2. The summed E-state index contributed by atoms with van der Waals surface area (Å²) in [7, 11) is 1.19. The van der Waals surface area contributed by atoms with Crippen LogP contribution in [0.1, 0.15) is 51.9 Å². The summed E-state index contributed by atoms with van der Waals surface area (Å²) >= 11 is 0. The number of methoxy groups -OCH3 is 1. The lowest BCUT2D eigenvalue weighted by Crippen LogP contribution is -2.57. The van der Waals surface area contributed by atoms with Gasteiger partial charge in [0, 0.05) is 12.1 Å². The quantitative estimate of drug-likeness (QED) is 0.716. The highest BCUT2D eigenvalue weighted by molar-refractivity contribution is 5.96. The van der Waals surface area contributed by atoms with Crippen molar-refractivity contribution in [2.45, 2.75) is 52.7 Å². The minimum atomic E-state index is -1.42. The predicted molar refractivity (Wildman–Crippen MR) is 97.8 cm³/mol. The molecule has 9 nitrogen and oxygen atoms in total. The molecule has 0 spiro atoms. The van der Waals surface area contributed by atoms with Gasteiger partial charge in [0.05, 0.1) is 7.11 Å². The van der Waals surface area contributed by atoms with Crippen LogP contribution >= 0.6 is 0 Å². The van der Waals surface area contributed by atoms with Gasteiger partial charge in [0.15, 0.2) is 0 Å². The molecule has 1 aromatic rings. The molecular formula is C18H25F2N3O6. The molecule has 1 rings (SSSR count). The van der Waals surface area contributed by atoms with E-state index in [1.165, 1.54) is 7.11 Å². The number of carbonyl (C=O) groups excluding carboxylic acids is 3. The normalized spacial score (nSPS) is 11.3. The van der Waals surface area contributed by atoms with Gasteiger partial charge in [0.25, 0.3) is 5.91 Å². The third kappa shape index (κ3) is 7.80. The van der Waals surface area contributed by atoms with Crippen molar-refractivity contribution < 1.29 is 37.4 Å². The van der Waals surface area contributed by atoms with Crippen molar-refractivity contribution in [3.05, 3.63) is 29.3 Å². The molecule has 0 aliphatic carbocycles. The van der Waals surface area contributed by atoms with Crippen molar-refractivity contribution in [1.29, 1.82) is 0 Å². The lowest BCUT2D eigenvalue weighted by molar-refractivity contribution is 0.00650. The molecule has 0 fully saturated rings. The summed E-state index contributed by atoms with van der Waals surface area (Å²) in [5.74, 6) is -4.12. The van der Waals surface area contributed by atoms with Gasteiger partial charge in [-0.1, -0.05) is 0 Å². The van der Waals surface area contributed by atoms with Crippen LogP contribution in [0.3, 0.4) is 0 Å². The maximum atomic E-state index is 14.3. The summed E-state index contributed by atoms with van der Waals surface area (Å²) in [6.07, 6.45) is -2.31. The first-order valence-corrected chi connectivity index (χ1v) is 8.49. The molecule has 0 aromatic heterocycles. The molecule has 0 atom stereocenters. The van der Waals surface area contributed by atoms with Crippen LogP contribution in [-0.4, -0.2) is 41.5 Å². The third-order valence-electron chi connectivity index (χ3n) is 2.87. The Morgan fingerprint density at radius 3 is 1.55 bits per heavy atom. The average molecular weight is 417 g/mol. The van der Waals surface area contributed by atoms with Crippen LogP contribution in [0, 0.1) is 11.6 Å². The fourth-order valence-corrected chi connectivity index (χ4v) is 1.90. The van der Waals surface area contributed by atoms with Crippen LogP contribution in [-0.2, 0) is 9.47 Å². The van der Waals surface area contributed by atoms with Gasteiger partial charge in [-0.3, -0.25) is 4.79 Å². The second-order valence-electron chi connectivity index (χ2n) is 7.83. The maximum absolute atomic E-state index is 14.3. The first-order valence-electron chi connectivity index (χ1n) is 8.49. The molecule has 0 unspecified atom stereocenters. The van der Waals surface area contributed by atoms with Crippen LogP contribution in [0.25, 0.3) is 0 Å². The van der Waals surface area contributed by atoms with Crippen molar-refractivity contribution in [2.24, 2.45) is 0 Å². The van der Waals surface area contributed by atoms with E-state index < -0.39 is 46.5 Å². The average Bonchev–Trinajstić information content (AvgIpc) is 2.49.